The van der Waals surface area contributed by atoms with Crippen molar-refractivity contribution in [1.82, 2.24) is 15.2 Å². The Morgan fingerprint density at radius 3 is 2.75 bits per heavy atom. The first-order chi connectivity index (χ1) is 11.7. The zero-order valence-corrected chi connectivity index (χ0v) is 15.1. The molecule has 0 spiro atoms. The van der Waals surface area contributed by atoms with E-state index in [0.29, 0.717) is 12.5 Å². The molecule has 1 heterocycles. The van der Waals surface area contributed by atoms with Gasteiger partial charge in [0.05, 0.1) is 6.61 Å². The molecule has 0 fully saturated rings. The van der Waals surface area contributed by atoms with Gasteiger partial charge in [-0.05, 0) is 29.9 Å². The van der Waals surface area contributed by atoms with Crippen LogP contribution in [-0.2, 0) is 11.3 Å². The summed E-state index contributed by atoms with van der Waals surface area (Å²) in [4.78, 5) is 4.24. The van der Waals surface area contributed by atoms with Crippen LogP contribution in [0.4, 0.5) is 0 Å². The summed E-state index contributed by atoms with van der Waals surface area (Å²) in [5.41, 5.74) is 1.29. The number of hydrogen-bond donors (Lipinski definition) is 2. The summed E-state index contributed by atoms with van der Waals surface area (Å²) in [6, 6.07) is 10.6. The molecule has 2 aromatic rings. The number of benzene rings is 1. The molecule has 0 amide bonds. The fraction of sp³-hybridized carbons (Fsp3) is 0.526. The fourth-order valence-corrected chi connectivity index (χ4v) is 2.57. The summed E-state index contributed by atoms with van der Waals surface area (Å²) < 4.78 is 7.86. The van der Waals surface area contributed by atoms with E-state index in [4.69, 9.17) is 4.74 Å². The first kappa shape index (κ1) is 18.3. The molecule has 0 aliphatic rings. The summed E-state index contributed by atoms with van der Waals surface area (Å²) >= 11 is 0. The quantitative estimate of drug-likeness (QED) is 0.422. The van der Waals surface area contributed by atoms with Gasteiger partial charge < -0.3 is 19.9 Å². The number of nitrogens with one attached hydrogen (secondary N) is 2. The maximum atomic E-state index is 5.56. The molecular weight excluding hydrogens is 300 g/mol. The van der Waals surface area contributed by atoms with Crippen LogP contribution in [0.15, 0.2) is 41.5 Å². The van der Waals surface area contributed by atoms with Crippen LogP contribution in [0.5, 0.6) is 0 Å². The SMILES string of the molecule is CN=C(NCCCn1ccc2ccccc21)NCCOCC(C)C. The molecule has 2 rings (SSSR count). The van der Waals surface area contributed by atoms with E-state index in [1.54, 1.807) is 7.05 Å². The minimum Gasteiger partial charge on any atom is -0.379 e. The van der Waals surface area contributed by atoms with E-state index in [1.807, 2.05) is 0 Å². The Hall–Kier alpha value is -2.01. The summed E-state index contributed by atoms with van der Waals surface area (Å²) in [6.45, 7) is 8.47. The topological polar surface area (TPSA) is 50.6 Å². The largest absolute Gasteiger partial charge is 0.379 e. The Morgan fingerprint density at radius 2 is 1.96 bits per heavy atom. The Labute approximate surface area is 145 Å². The zero-order chi connectivity index (χ0) is 17.2. The van der Waals surface area contributed by atoms with Crippen LogP contribution in [0.3, 0.4) is 0 Å². The van der Waals surface area contributed by atoms with Crippen molar-refractivity contribution in [2.45, 2.75) is 26.8 Å². The fourth-order valence-electron chi connectivity index (χ4n) is 2.57. The highest BCUT2D eigenvalue weighted by atomic mass is 16.5. The molecule has 2 N–H and O–H groups in total. The summed E-state index contributed by atoms with van der Waals surface area (Å²) in [5, 5.41) is 7.92. The van der Waals surface area contributed by atoms with E-state index < -0.39 is 0 Å². The van der Waals surface area contributed by atoms with Gasteiger partial charge >= 0.3 is 0 Å². The molecule has 0 saturated carbocycles. The van der Waals surface area contributed by atoms with Crippen LogP contribution >= 0.6 is 0 Å². The first-order valence-corrected chi connectivity index (χ1v) is 8.77. The van der Waals surface area contributed by atoms with Crippen LogP contribution in [0.25, 0.3) is 10.9 Å². The van der Waals surface area contributed by atoms with E-state index in [-0.39, 0.29) is 0 Å². The van der Waals surface area contributed by atoms with Crippen molar-refractivity contribution < 1.29 is 4.74 Å². The summed E-state index contributed by atoms with van der Waals surface area (Å²) in [6.07, 6.45) is 3.20. The number of nitrogens with zero attached hydrogens (tertiary/aromatic N) is 2. The molecule has 0 unspecified atom stereocenters. The van der Waals surface area contributed by atoms with Crippen molar-refractivity contribution in [3.05, 3.63) is 36.5 Å². The van der Waals surface area contributed by atoms with E-state index in [2.05, 4.69) is 70.6 Å². The third kappa shape index (κ3) is 5.89. The third-order valence-electron chi connectivity index (χ3n) is 3.76. The van der Waals surface area contributed by atoms with E-state index in [9.17, 15) is 0 Å². The van der Waals surface area contributed by atoms with Crippen LogP contribution < -0.4 is 10.6 Å². The van der Waals surface area contributed by atoms with E-state index >= 15 is 0 Å². The Bertz CT molecular complexity index is 633. The van der Waals surface area contributed by atoms with Gasteiger partial charge in [0.25, 0.3) is 0 Å². The molecule has 0 bridgehead atoms. The molecule has 5 heteroatoms. The second-order valence-electron chi connectivity index (χ2n) is 6.32. The molecule has 0 aliphatic carbocycles. The standard InChI is InChI=1S/C19H30N4O/c1-16(2)15-24-14-11-22-19(20-3)21-10-6-12-23-13-9-17-7-4-5-8-18(17)23/h4-5,7-9,13,16H,6,10-12,14-15H2,1-3H3,(H2,20,21,22). The molecule has 1 aromatic carbocycles. The predicted molar refractivity (Wildman–Crippen MR) is 102 cm³/mol. The number of fused-ring (bicyclic) bond motifs is 1. The van der Waals surface area contributed by atoms with Gasteiger partial charge in [-0.25, -0.2) is 0 Å². The van der Waals surface area contributed by atoms with Crippen molar-refractivity contribution in [2.24, 2.45) is 10.9 Å². The predicted octanol–water partition coefficient (Wildman–Crippen LogP) is 2.87. The molecule has 1 aromatic heterocycles. The molecule has 5 nitrogen and oxygen atoms in total. The minimum atomic E-state index is 0.576. The second kappa shape index (κ2) is 9.98. The van der Waals surface area contributed by atoms with E-state index in [0.717, 1.165) is 38.6 Å². The highest BCUT2D eigenvalue weighted by Gasteiger charge is 2.01. The van der Waals surface area contributed by atoms with Crippen LogP contribution in [-0.4, -0.2) is 43.9 Å². The van der Waals surface area contributed by atoms with Gasteiger partial charge in [0.1, 0.15) is 0 Å². The number of aryl methyl sites for hydroxylation is 1. The van der Waals surface area contributed by atoms with Crippen molar-refractivity contribution in [1.29, 1.82) is 0 Å². The Balaban J connectivity index is 1.63. The average molecular weight is 330 g/mol. The van der Waals surface area contributed by atoms with Crippen LogP contribution in [0.2, 0.25) is 0 Å². The van der Waals surface area contributed by atoms with Gasteiger partial charge in [0.2, 0.25) is 0 Å². The highest BCUT2D eigenvalue weighted by molar-refractivity contribution is 5.80. The zero-order valence-electron chi connectivity index (χ0n) is 15.1. The van der Waals surface area contributed by atoms with Gasteiger partial charge in [-0.3, -0.25) is 4.99 Å². The molecule has 0 aliphatic heterocycles. The summed E-state index contributed by atoms with van der Waals surface area (Å²) in [7, 11) is 1.80. The number of para-hydroxylation sites is 1. The lowest BCUT2D eigenvalue weighted by Gasteiger charge is -2.13. The Morgan fingerprint density at radius 1 is 1.17 bits per heavy atom. The van der Waals surface area contributed by atoms with Gasteiger partial charge in [-0.15, -0.1) is 0 Å². The van der Waals surface area contributed by atoms with E-state index in [1.165, 1.54) is 10.9 Å². The second-order valence-corrected chi connectivity index (χ2v) is 6.32. The molecule has 0 atom stereocenters. The molecule has 0 saturated heterocycles. The molecule has 24 heavy (non-hydrogen) atoms. The van der Waals surface area contributed by atoms with Crippen LogP contribution in [0, 0.1) is 5.92 Å². The van der Waals surface area contributed by atoms with Gasteiger partial charge in [0, 0.05) is 45.0 Å². The summed E-state index contributed by atoms with van der Waals surface area (Å²) in [5.74, 6) is 1.41. The average Bonchev–Trinajstić information content (AvgIpc) is 2.99. The highest BCUT2D eigenvalue weighted by Crippen LogP contribution is 2.15. The number of aromatic nitrogens is 1. The molecule has 132 valence electrons. The lowest BCUT2D eigenvalue weighted by Crippen LogP contribution is -2.39. The Kier molecular flexibility index (Phi) is 7.62. The normalized spacial score (nSPS) is 12.1. The van der Waals surface area contributed by atoms with Crippen molar-refractivity contribution in [2.75, 3.05) is 33.4 Å². The first-order valence-electron chi connectivity index (χ1n) is 8.77. The van der Waals surface area contributed by atoms with Gasteiger partial charge in [-0.1, -0.05) is 32.0 Å². The van der Waals surface area contributed by atoms with Crippen molar-refractivity contribution >= 4 is 16.9 Å². The smallest absolute Gasteiger partial charge is 0.191 e. The lowest BCUT2D eigenvalue weighted by molar-refractivity contribution is 0.114. The van der Waals surface area contributed by atoms with Gasteiger partial charge in [-0.2, -0.15) is 0 Å². The van der Waals surface area contributed by atoms with Crippen molar-refractivity contribution in [3.63, 3.8) is 0 Å². The number of hydrogen-bond acceptors (Lipinski definition) is 2. The molecule has 0 radical (unpaired) electrons. The number of ether oxygens (including phenoxy) is 1. The monoisotopic (exact) mass is 330 g/mol. The number of guanidine groups is 1. The molecular formula is C19H30N4O. The number of rotatable bonds is 9. The van der Waals surface area contributed by atoms with Gasteiger partial charge in [0.15, 0.2) is 5.96 Å². The maximum Gasteiger partial charge on any atom is 0.191 e. The third-order valence-corrected chi connectivity index (χ3v) is 3.76. The number of aliphatic imine (C=N–C) groups is 1. The van der Waals surface area contributed by atoms with Crippen molar-refractivity contribution in [3.8, 4) is 0 Å². The maximum absolute atomic E-state index is 5.56. The van der Waals surface area contributed by atoms with Crippen LogP contribution in [0.1, 0.15) is 20.3 Å². The lowest BCUT2D eigenvalue weighted by atomic mass is 10.2. The minimum absolute atomic E-state index is 0.576.